The van der Waals surface area contributed by atoms with Crippen molar-refractivity contribution in [2.24, 2.45) is 7.05 Å². The maximum absolute atomic E-state index is 12.5. The molecule has 2 rings (SSSR count). The van der Waals surface area contributed by atoms with Crippen molar-refractivity contribution in [1.29, 1.82) is 0 Å². The van der Waals surface area contributed by atoms with Crippen molar-refractivity contribution in [3.8, 4) is 0 Å². The Labute approximate surface area is 91.5 Å². The van der Waals surface area contributed by atoms with Gasteiger partial charge in [-0.25, -0.2) is 0 Å². The summed E-state index contributed by atoms with van der Waals surface area (Å²) in [5, 5.41) is 0.844. The Morgan fingerprint density at radius 2 is 1.88 bits per heavy atom. The van der Waals surface area contributed by atoms with Crippen LogP contribution in [0.25, 0.3) is 10.9 Å². The first-order valence-corrected chi connectivity index (χ1v) is 5.01. The average molecular weight is 227 g/mol. The number of aromatic nitrogens is 1. The molecular formula is C12H12F3N. The standard InChI is InChI=1S/C12H12F3N/c1-8(12(13,14)15)9-3-4-11-10(7-9)5-6-16(11)2/h3-8H,1-2H3. The third-order valence-corrected chi connectivity index (χ3v) is 2.90. The normalized spacial score (nSPS) is 14.3. The van der Waals surface area contributed by atoms with Gasteiger partial charge in [0, 0.05) is 18.8 Å². The first-order chi connectivity index (χ1) is 7.39. The highest BCUT2D eigenvalue weighted by Crippen LogP contribution is 2.35. The summed E-state index contributed by atoms with van der Waals surface area (Å²) in [7, 11) is 1.87. The van der Waals surface area contributed by atoms with Crippen LogP contribution in [0.3, 0.4) is 0 Å². The molecular weight excluding hydrogens is 215 g/mol. The van der Waals surface area contributed by atoms with Gasteiger partial charge in [-0.2, -0.15) is 13.2 Å². The van der Waals surface area contributed by atoms with Gasteiger partial charge in [-0.3, -0.25) is 0 Å². The second kappa shape index (κ2) is 3.54. The molecule has 0 radical (unpaired) electrons. The number of nitrogens with zero attached hydrogens (tertiary/aromatic N) is 1. The minimum atomic E-state index is -4.18. The highest BCUT2D eigenvalue weighted by molar-refractivity contribution is 5.80. The van der Waals surface area contributed by atoms with Crippen LogP contribution < -0.4 is 0 Å². The topological polar surface area (TPSA) is 4.93 Å². The van der Waals surface area contributed by atoms with E-state index >= 15 is 0 Å². The van der Waals surface area contributed by atoms with Crippen LogP contribution in [0, 0.1) is 0 Å². The second-order valence-electron chi connectivity index (χ2n) is 4.01. The lowest BCUT2D eigenvalue weighted by Crippen LogP contribution is -2.17. The predicted molar refractivity (Wildman–Crippen MR) is 57.4 cm³/mol. The molecule has 0 N–H and O–H groups in total. The van der Waals surface area contributed by atoms with E-state index in [0.717, 1.165) is 10.9 Å². The number of hydrogen-bond donors (Lipinski definition) is 0. The zero-order chi connectivity index (χ0) is 11.9. The van der Waals surface area contributed by atoms with Crippen LogP contribution >= 0.6 is 0 Å². The van der Waals surface area contributed by atoms with E-state index in [1.807, 2.05) is 23.9 Å². The molecule has 86 valence electrons. The van der Waals surface area contributed by atoms with Gasteiger partial charge in [-0.15, -0.1) is 0 Å². The fraction of sp³-hybridized carbons (Fsp3) is 0.333. The summed E-state index contributed by atoms with van der Waals surface area (Å²) in [5.74, 6) is -1.42. The lowest BCUT2D eigenvalue weighted by atomic mass is 9.99. The number of benzene rings is 1. The minimum Gasteiger partial charge on any atom is -0.351 e. The molecule has 1 aromatic carbocycles. The number of alkyl halides is 3. The number of hydrogen-bond acceptors (Lipinski definition) is 0. The number of halogens is 3. The fourth-order valence-corrected chi connectivity index (χ4v) is 1.76. The number of rotatable bonds is 1. The fourth-order valence-electron chi connectivity index (χ4n) is 1.76. The molecule has 1 nitrogen and oxygen atoms in total. The van der Waals surface area contributed by atoms with Gasteiger partial charge in [0.15, 0.2) is 0 Å². The Morgan fingerprint density at radius 1 is 1.19 bits per heavy atom. The first kappa shape index (κ1) is 11.0. The van der Waals surface area contributed by atoms with E-state index in [-0.39, 0.29) is 0 Å². The van der Waals surface area contributed by atoms with Crippen molar-refractivity contribution in [2.45, 2.75) is 19.0 Å². The highest BCUT2D eigenvalue weighted by atomic mass is 19.4. The van der Waals surface area contributed by atoms with Crippen molar-refractivity contribution in [3.05, 3.63) is 36.0 Å². The van der Waals surface area contributed by atoms with Gasteiger partial charge in [0.05, 0.1) is 5.92 Å². The van der Waals surface area contributed by atoms with Gasteiger partial charge in [0.25, 0.3) is 0 Å². The Morgan fingerprint density at radius 3 is 2.50 bits per heavy atom. The molecule has 0 aliphatic rings. The van der Waals surface area contributed by atoms with Crippen molar-refractivity contribution >= 4 is 10.9 Å². The van der Waals surface area contributed by atoms with Crippen molar-refractivity contribution in [1.82, 2.24) is 4.57 Å². The molecule has 0 amide bonds. The van der Waals surface area contributed by atoms with Crippen LogP contribution in [0.15, 0.2) is 30.5 Å². The highest BCUT2D eigenvalue weighted by Gasteiger charge is 2.36. The minimum absolute atomic E-state index is 0.311. The van der Waals surface area contributed by atoms with E-state index < -0.39 is 12.1 Å². The summed E-state index contributed by atoms with van der Waals surface area (Å²) in [4.78, 5) is 0. The Kier molecular flexibility index (Phi) is 2.45. The van der Waals surface area contributed by atoms with Gasteiger partial charge in [-0.1, -0.05) is 6.07 Å². The third kappa shape index (κ3) is 1.79. The van der Waals surface area contributed by atoms with Crippen molar-refractivity contribution in [3.63, 3.8) is 0 Å². The zero-order valence-corrected chi connectivity index (χ0v) is 9.05. The monoisotopic (exact) mass is 227 g/mol. The van der Waals surface area contributed by atoms with E-state index in [0.29, 0.717) is 5.56 Å². The van der Waals surface area contributed by atoms with E-state index in [2.05, 4.69) is 0 Å². The molecule has 4 heteroatoms. The number of aryl methyl sites for hydroxylation is 1. The summed E-state index contributed by atoms with van der Waals surface area (Å²) in [6.45, 7) is 1.18. The molecule has 1 heterocycles. The molecule has 0 fully saturated rings. The van der Waals surface area contributed by atoms with Crippen LogP contribution in [-0.4, -0.2) is 10.7 Å². The lowest BCUT2D eigenvalue weighted by Gasteiger charge is -2.15. The van der Waals surface area contributed by atoms with Crippen molar-refractivity contribution < 1.29 is 13.2 Å². The van der Waals surface area contributed by atoms with Gasteiger partial charge >= 0.3 is 6.18 Å². The smallest absolute Gasteiger partial charge is 0.351 e. The summed E-state index contributed by atoms with van der Waals surface area (Å²) in [6.07, 6.45) is -2.34. The van der Waals surface area contributed by atoms with E-state index in [4.69, 9.17) is 0 Å². The van der Waals surface area contributed by atoms with Crippen molar-refractivity contribution in [2.75, 3.05) is 0 Å². The Balaban J connectivity index is 2.47. The molecule has 1 aromatic heterocycles. The molecule has 0 aliphatic carbocycles. The largest absolute Gasteiger partial charge is 0.395 e. The van der Waals surface area contributed by atoms with Crippen LogP contribution in [0.5, 0.6) is 0 Å². The SMILES string of the molecule is CC(c1ccc2c(ccn2C)c1)C(F)(F)F. The third-order valence-electron chi connectivity index (χ3n) is 2.90. The second-order valence-corrected chi connectivity index (χ2v) is 4.01. The molecule has 0 spiro atoms. The van der Waals surface area contributed by atoms with Gasteiger partial charge < -0.3 is 4.57 Å². The van der Waals surface area contributed by atoms with Gasteiger partial charge in [0.1, 0.15) is 0 Å². The molecule has 0 saturated heterocycles. The Hall–Kier alpha value is -1.45. The summed E-state index contributed by atoms with van der Waals surface area (Å²) < 4.78 is 39.5. The molecule has 2 aromatic rings. The quantitative estimate of drug-likeness (QED) is 0.697. The lowest BCUT2D eigenvalue weighted by molar-refractivity contribution is -0.146. The summed E-state index contributed by atoms with van der Waals surface area (Å²) >= 11 is 0. The van der Waals surface area contributed by atoms with Gasteiger partial charge in [-0.05, 0) is 36.1 Å². The summed E-state index contributed by atoms with van der Waals surface area (Å²) in [5.41, 5.74) is 1.25. The van der Waals surface area contributed by atoms with E-state index in [9.17, 15) is 13.2 Å². The van der Waals surface area contributed by atoms with Crippen LogP contribution in [-0.2, 0) is 7.05 Å². The number of fused-ring (bicyclic) bond motifs is 1. The first-order valence-electron chi connectivity index (χ1n) is 5.01. The van der Waals surface area contributed by atoms with E-state index in [1.165, 1.54) is 6.92 Å². The molecule has 1 unspecified atom stereocenters. The zero-order valence-electron chi connectivity index (χ0n) is 9.05. The molecule has 0 bridgehead atoms. The maximum atomic E-state index is 12.5. The molecule has 1 atom stereocenters. The molecule has 16 heavy (non-hydrogen) atoms. The Bertz CT molecular complexity index is 510. The maximum Gasteiger partial charge on any atom is 0.395 e. The van der Waals surface area contributed by atoms with Crippen LogP contribution in [0.4, 0.5) is 13.2 Å². The van der Waals surface area contributed by atoms with E-state index in [1.54, 1.807) is 18.2 Å². The summed E-state index contributed by atoms with van der Waals surface area (Å²) in [6, 6.07) is 6.70. The average Bonchev–Trinajstić information content (AvgIpc) is 2.57. The van der Waals surface area contributed by atoms with Crippen LogP contribution in [0.1, 0.15) is 18.4 Å². The molecule has 0 saturated carbocycles. The molecule has 0 aliphatic heterocycles. The van der Waals surface area contributed by atoms with Gasteiger partial charge in [0.2, 0.25) is 0 Å². The van der Waals surface area contributed by atoms with Crippen LogP contribution in [0.2, 0.25) is 0 Å². The predicted octanol–water partition coefficient (Wildman–Crippen LogP) is 3.84.